The summed E-state index contributed by atoms with van der Waals surface area (Å²) >= 11 is 1.30. The third-order valence-corrected chi connectivity index (χ3v) is 5.56. The highest BCUT2D eigenvalue weighted by Crippen LogP contribution is 2.28. The maximum absolute atomic E-state index is 12.9. The summed E-state index contributed by atoms with van der Waals surface area (Å²) in [6.45, 7) is 2.00. The number of benzene rings is 1. The van der Waals surface area contributed by atoms with Crippen LogP contribution in [-0.2, 0) is 17.9 Å². The molecule has 28 heavy (non-hydrogen) atoms. The van der Waals surface area contributed by atoms with Crippen LogP contribution in [0.1, 0.15) is 11.4 Å². The number of hydrogen-bond donors (Lipinski definition) is 1. The Hall–Kier alpha value is -3.26. The number of amides is 1. The molecule has 1 aromatic carbocycles. The molecule has 4 rings (SSSR count). The van der Waals surface area contributed by atoms with Crippen LogP contribution in [0.5, 0.6) is 5.75 Å². The molecule has 7 nitrogen and oxygen atoms in total. The van der Waals surface area contributed by atoms with E-state index in [2.05, 4.69) is 15.3 Å². The highest BCUT2D eigenvalue weighted by atomic mass is 32.1. The van der Waals surface area contributed by atoms with Crippen molar-refractivity contribution in [2.75, 3.05) is 7.11 Å². The lowest BCUT2D eigenvalue weighted by molar-refractivity contribution is -0.121. The number of carbonyl (C=O) groups is 1. The zero-order valence-electron chi connectivity index (χ0n) is 15.4. The highest BCUT2D eigenvalue weighted by Gasteiger charge is 2.16. The smallest absolute Gasteiger partial charge is 0.272 e. The molecule has 0 saturated heterocycles. The molecular weight excluding hydrogens is 376 g/mol. The lowest BCUT2D eigenvalue weighted by Gasteiger charge is -2.10. The van der Waals surface area contributed by atoms with Gasteiger partial charge in [-0.25, -0.2) is 9.97 Å². The van der Waals surface area contributed by atoms with Crippen molar-refractivity contribution in [3.63, 3.8) is 0 Å². The van der Waals surface area contributed by atoms with Crippen molar-refractivity contribution in [2.45, 2.75) is 20.0 Å². The van der Waals surface area contributed by atoms with Crippen molar-refractivity contribution >= 4 is 37.7 Å². The Morgan fingerprint density at radius 2 is 2.14 bits per heavy atom. The molecule has 142 valence electrons. The standard InChI is InChI=1S/C20H18N4O3S/c1-12-23-17-15-7-4-8-21-19(15)28-18(17)20(26)24(12)11-16(25)22-10-13-5-3-6-14(9-13)27-2/h3-9H,10-11H2,1-2H3,(H,22,25). The second-order valence-electron chi connectivity index (χ2n) is 6.31. The van der Waals surface area contributed by atoms with Gasteiger partial charge in [0, 0.05) is 18.1 Å². The lowest BCUT2D eigenvalue weighted by atomic mass is 10.2. The molecule has 3 aromatic heterocycles. The van der Waals surface area contributed by atoms with Crippen LogP contribution >= 0.6 is 11.3 Å². The number of fused-ring (bicyclic) bond motifs is 3. The van der Waals surface area contributed by atoms with Gasteiger partial charge >= 0.3 is 0 Å². The maximum atomic E-state index is 12.9. The molecule has 0 unspecified atom stereocenters. The number of thiophene rings is 1. The van der Waals surface area contributed by atoms with Gasteiger partial charge in [-0.05, 0) is 36.8 Å². The molecule has 0 fully saturated rings. The molecule has 0 spiro atoms. The van der Waals surface area contributed by atoms with E-state index in [0.717, 1.165) is 21.5 Å². The number of aryl methyl sites for hydroxylation is 1. The van der Waals surface area contributed by atoms with Gasteiger partial charge in [-0.3, -0.25) is 14.2 Å². The molecule has 0 aliphatic heterocycles. The first-order chi connectivity index (χ1) is 13.6. The van der Waals surface area contributed by atoms with Gasteiger partial charge in [0.1, 0.15) is 27.6 Å². The Kier molecular flexibility index (Phi) is 4.79. The Labute approximate surface area is 164 Å². The summed E-state index contributed by atoms with van der Waals surface area (Å²) in [5.41, 5.74) is 1.34. The first kappa shape index (κ1) is 18.1. The molecular formula is C20H18N4O3S. The summed E-state index contributed by atoms with van der Waals surface area (Å²) in [5, 5.41) is 3.70. The number of aromatic nitrogens is 3. The third-order valence-electron chi connectivity index (χ3n) is 4.47. The van der Waals surface area contributed by atoms with Gasteiger partial charge in [0.25, 0.3) is 5.56 Å². The molecule has 3 heterocycles. The average molecular weight is 394 g/mol. The van der Waals surface area contributed by atoms with Crippen LogP contribution in [0.3, 0.4) is 0 Å². The van der Waals surface area contributed by atoms with Crippen molar-refractivity contribution in [3.05, 3.63) is 64.3 Å². The Balaban J connectivity index is 1.57. The number of ether oxygens (including phenoxy) is 1. The SMILES string of the molecule is COc1cccc(CNC(=O)Cn2c(C)nc3c(sc4ncccc43)c2=O)c1. The molecule has 0 saturated carbocycles. The summed E-state index contributed by atoms with van der Waals surface area (Å²) < 4.78 is 7.10. The van der Waals surface area contributed by atoms with Crippen LogP contribution in [0.2, 0.25) is 0 Å². The quantitative estimate of drug-likeness (QED) is 0.562. The molecule has 8 heteroatoms. The summed E-state index contributed by atoms with van der Waals surface area (Å²) in [5.74, 6) is 0.970. The van der Waals surface area contributed by atoms with Gasteiger partial charge in [-0.1, -0.05) is 12.1 Å². The van der Waals surface area contributed by atoms with Gasteiger partial charge in [-0.15, -0.1) is 11.3 Å². The van der Waals surface area contributed by atoms with E-state index in [4.69, 9.17) is 4.74 Å². The van der Waals surface area contributed by atoms with E-state index < -0.39 is 0 Å². The summed E-state index contributed by atoms with van der Waals surface area (Å²) in [7, 11) is 1.60. The number of methoxy groups -OCH3 is 1. The van der Waals surface area contributed by atoms with Crippen LogP contribution in [0, 0.1) is 6.92 Å². The van der Waals surface area contributed by atoms with Crippen molar-refractivity contribution in [3.8, 4) is 5.75 Å². The van der Waals surface area contributed by atoms with Gasteiger partial charge < -0.3 is 10.1 Å². The maximum Gasteiger partial charge on any atom is 0.272 e. The van der Waals surface area contributed by atoms with E-state index in [1.54, 1.807) is 20.2 Å². The third kappa shape index (κ3) is 3.34. The van der Waals surface area contributed by atoms with E-state index >= 15 is 0 Å². The molecule has 0 atom stereocenters. The number of hydrogen-bond acceptors (Lipinski definition) is 6. The number of pyridine rings is 1. The van der Waals surface area contributed by atoms with Crippen LogP contribution < -0.4 is 15.6 Å². The van der Waals surface area contributed by atoms with Crippen molar-refractivity contribution in [2.24, 2.45) is 0 Å². The van der Waals surface area contributed by atoms with Crippen molar-refractivity contribution < 1.29 is 9.53 Å². The number of nitrogens with one attached hydrogen (secondary N) is 1. The molecule has 0 bridgehead atoms. The first-order valence-corrected chi connectivity index (χ1v) is 9.53. The monoisotopic (exact) mass is 394 g/mol. The Morgan fingerprint density at radius 3 is 2.96 bits per heavy atom. The molecule has 0 aliphatic carbocycles. The van der Waals surface area contributed by atoms with Gasteiger partial charge in [-0.2, -0.15) is 0 Å². The van der Waals surface area contributed by atoms with Crippen LogP contribution in [0.15, 0.2) is 47.4 Å². The zero-order valence-corrected chi connectivity index (χ0v) is 16.2. The molecule has 4 aromatic rings. The minimum atomic E-state index is -0.256. The largest absolute Gasteiger partial charge is 0.497 e. The van der Waals surface area contributed by atoms with Crippen molar-refractivity contribution in [1.82, 2.24) is 19.9 Å². The summed E-state index contributed by atoms with van der Waals surface area (Å²) in [6, 6.07) is 11.2. The first-order valence-electron chi connectivity index (χ1n) is 8.71. The highest BCUT2D eigenvalue weighted by molar-refractivity contribution is 7.25. The van der Waals surface area contributed by atoms with Crippen molar-refractivity contribution in [1.29, 1.82) is 0 Å². The molecule has 1 N–H and O–H groups in total. The average Bonchev–Trinajstić information content (AvgIpc) is 3.08. The summed E-state index contributed by atoms with van der Waals surface area (Å²) in [6.07, 6.45) is 1.69. The van der Waals surface area contributed by atoms with Crippen LogP contribution in [0.25, 0.3) is 20.4 Å². The fourth-order valence-electron chi connectivity index (χ4n) is 3.04. The predicted molar refractivity (Wildman–Crippen MR) is 109 cm³/mol. The van der Waals surface area contributed by atoms with E-state index in [1.807, 2.05) is 36.4 Å². The van der Waals surface area contributed by atoms with E-state index in [0.29, 0.717) is 22.6 Å². The zero-order chi connectivity index (χ0) is 19.7. The Bertz CT molecular complexity index is 1250. The van der Waals surface area contributed by atoms with Crippen LogP contribution in [0.4, 0.5) is 0 Å². The lowest BCUT2D eigenvalue weighted by Crippen LogP contribution is -2.33. The second-order valence-corrected chi connectivity index (χ2v) is 7.31. The second kappa shape index (κ2) is 7.40. The summed E-state index contributed by atoms with van der Waals surface area (Å²) in [4.78, 5) is 35.0. The number of nitrogens with zero attached hydrogens (tertiary/aromatic N) is 3. The fraction of sp³-hybridized carbons (Fsp3) is 0.200. The minimum Gasteiger partial charge on any atom is -0.497 e. The van der Waals surface area contributed by atoms with E-state index in [9.17, 15) is 9.59 Å². The van der Waals surface area contributed by atoms with Gasteiger partial charge in [0.05, 0.1) is 12.6 Å². The normalized spacial score (nSPS) is 11.1. The molecule has 1 amide bonds. The number of carbonyl (C=O) groups excluding carboxylic acids is 1. The predicted octanol–water partition coefficient (Wildman–Crippen LogP) is 2.64. The van der Waals surface area contributed by atoms with E-state index in [1.165, 1.54) is 15.9 Å². The van der Waals surface area contributed by atoms with Gasteiger partial charge in [0.15, 0.2) is 0 Å². The fourth-order valence-corrected chi connectivity index (χ4v) is 4.07. The van der Waals surface area contributed by atoms with Crippen LogP contribution in [-0.4, -0.2) is 27.6 Å². The minimum absolute atomic E-state index is 0.0841. The number of rotatable bonds is 5. The topological polar surface area (TPSA) is 86.1 Å². The van der Waals surface area contributed by atoms with E-state index in [-0.39, 0.29) is 18.0 Å². The molecule has 0 radical (unpaired) electrons. The Morgan fingerprint density at radius 1 is 1.29 bits per heavy atom. The molecule has 0 aliphatic rings. The van der Waals surface area contributed by atoms with Gasteiger partial charge in [0.2, 0.25) is 5.91 Å².